The fourth-order valence-corrected chi connectivity index (χ4v) is 1.21. The van der Waals surface area contributed by atoms with Crippen molar-refractivity contribution in [1.82, 2.24) is 10.2 Å². The summed E-state index contributed by atoms with van der Waals surface area (Å²) >= 11 is 5.57. The molecule has 60 valence electrons. The maximum absolute atomic E-state index is 6.98. The summed E-state index contributed by atoms with van der Waals surface area (Å²) in [5.41, 5.74) is 0.388. The van der Waals surface area contributed by atoms with E-state index in [9.17, 15) is 0 Å². The third-order valence-electron chi connectivity index (χ3n) is 2.05. The standard InChI is InChI=1S/C8H6ClN3/c1-10-8(4-5-8)6-2-3-7(9)12-11-6/h2-3H,4-5H2. The van der Waals surface area contributed by atoms with E-state index in [0.717, 1.165) is 18.5 Å². The summed E-state index contributed by atoms with van der Waals surface area (Å²) in [5, 5.41) is 7.97. The molecule has 1 heterocycles. The van der Waals surface area contributed by atoms with E-state index in [1.807, 2.05) is 0 Å². The van der Waals surface area contributed by atoms with Gasteiger partial charge >= 0.3 is 0 Å². The van der Waals surface area contributed by atoms with Gasteiger partial charge in [0.25, 0.3) is 5.54 Å². The molecule has 2 rings (SSSR count). The maximum Gasteiger partial charge on any atom is 0.276 e. The van der Waals surface area contributed by atoms with Crippen molar-refractivity contribution in [2.75, 3.05) is 0 Å². The Bertz CT molecular complexity index is 334. The van der Waals surface area contributed by atoms with Crippen LogP contribution in [0.3, 0.4) is 0 Å². The lowest BCUT2D eigenvalue weighted by Gasteiger charge is -1.98. The summed E-state index contributed by atoms with van der Waals surface area (Å²) in [5.74, 6) is 0. The summed E-state index contributed by atoms with van der Waals surface area (Å²) in [4.78, 5) is 3.54. The van der Waals surface area contributed by atoms with Crippen LogP contribution in [0.5, 0.6) is 0 Å². The van der Waals surface area contributed by atoms with Crippen LogP contribution in [0.25, 0.3) is 4.85 Å². The molecule has 0 atom stereocenters. The largest absolute Gasteiger partial charge is 0.303 e. The van der Waals surface area contributed by atoms with Crippen molar-refractivity contribution >= 4 is 11.6 Å². The molecular formula is C8H6ClN3. The minimum Gasteiger partial charge on any atom is -0.303 e. The minimum absolute atomic E-state index is 0.364. The van der Waals surface area contributed by atoms with Crippen molar-refractivity contribution in [3.05, 3.63) is 34.4 Å². The Morgan fingerprint density at radius 1 is 1.42 bits per heavy atom. The number of halogens is 1. The molecule has 0 aromatic carbocycles. The van der Waals surface area contributed by atoms with E-state index in [1.165, 1.54) is 0 Å². The third kappa shape index (κ3) is 1.05. The van der Waals surface area contributed by atoms with Crippen LogP contribution in [0.2, 0.25) is 5.15 Å². The van der Waals surface area contributed by atoms with Gasteiger partial charge in [0, 0.05) is 12.8 Å². The van der Waals surface area contributed by atoms with Gasteiger partial charge in [-0.15, -0.1) is 10.2 Å². The Labute approximate surface area is 75.2 Å². The van der Waals surface area contributed by atoms with Crippen LogP contribution in [0.4, 0.5) is 0 Å². The zero-order valence-electron chi connectivity index (χ0n) is 6.29. The second-order valence-electron chi connectivity index (χ2n) is 2.88. The van der Waals surface area contributed by atoms with Crippen molar-refractivity contribution in [3.63, 3.8) is 0 Å². The van der Waals surface area contributed by atoms with E-state index in [2.05, 4.69) is 15.0 Å². The molecule has 1 aliphatic carbocycles. The van der Waals surface area contributed by atoms with Crippen molar-refractivity contribution in [3.8, 4) is 0 Å². The van der Waals surface area contributed by atoms with Crippen LogP contribution >= 0.6 is 11.6 Å². The molecule has 0 N–H and O–H groups in total. The van der Waals surface area contributed by atoms with Crippen LogP contribution in [-0.4, -0.2) is 10.2 Å². The van der Waals surface area contributed by atoms with Gasteiger partial charge < -0.3 is 4.85 Å². The SMILES string of the molecule is [C-]#[N+]C1(c2ccc(Cl)nn2)CC1. The van der Waals surface area contributed by atoms with Gasteiger partial charge in [-0.1, -0.05) is 11.6 Å². The first kappa shape index (κ1) is 7.51. The molecule has 1 aliphatic rings. The van der Waals surface area contributed by atoms with Gasteiger partial charge in [0.15, 0.2) is 5.15 Å². The zero-order valence-corrected chi connectivity index (χ0v) is 7.04. The van der Waals surface area contributed by atoms with Gasteiger partial charge in [0.2, 0.25) is 0 Å². The lowest BCUT2D eigenvalue weighted by atomic mass is 10.2. The quantitative estimate of drug-likeness (QED) is 0.618. The topological polar surface area (TPSA) is 30.1 Å². The Hall–Kier alpha value is -1.14. The molecular weight excluding hydrogens is 174 g/mol. The number of hydrogen-bond donors (Lipinski definition) is 0. The minimum atomic E-state index is -0.364. The summed E-state index contributed by atoms with van der Waals surface area (Å²) in [6, 6.07) is 3.45. The number of nitrogens with zero attached hydrogens (tertiary/aromatic N) is 3. The molecule has 1 fully saturated rings. The Morgan fingerprint density at radius 2 is 2.17 bits per heavy atom. The molecule has 1 saturated carbocycles. The first-order valence-corrected chi connectivity index (χ1v) is 4.03. The fraction of sp³-hybridized carbons (Fsp3) is 0.375. The maximum atomic E-state index is 6.98. The average molecular weight is 180 g/mol. The van der Waals surface area contributed by atoms with Crippen LogP contribution in [0, 0.1) is 6.57 Å². The number of rotatable bonds is 1. The summed E-state index contributed by atoms with van der Waals surface area (Å²) in [7, 11) is 0. The number of hydrogen-bond acceptors (Lipinski definition) is 2. The highest BCUT2D eigenvalue weighted by atomic mass is 35.5. The molecule has 0 saturated heterocycles. The predicted octanol–water partition coefficient (Wildman–Crippen LogP) is 2.04. The molecule has 0 aliphatic heterocycles. The summed E-state index contributed by atoms with van der Waals surface area (Å²) in [6.45, 7) is 6.98. The van der Waals surface area contributed by atoms with Gasteiger partial charge in [-0.3, -0.25) is 0 Å². The van der Waals surface area contributed by atoms with Crippen LogP contribution in [0.1, 0.15) is 18.5 Å². The van der Waals surface area contributed by atoms with Crippen LogP contribution in [0.15, 0.2) is 12.1 Å². The lowest BCUT2D eigenvalue weighted by molar-refractivity contribution is 0.790. The molecule has 4 heteroatoms. The molecule has 0 bridgehead atoms. The highest BCUT2D eigenvalue weighted by molar-refractivity contribution is 6.29. The van der Waals surface area contributed by atoms with Gasteiger partial charge in [-0.25, -0.2) is 6.57 Å². The van der Waals surface area contributed by atoms with Crippen molar-refractivity contribution in [1.29, 1.82) is 0 Å². The van der Waals surface area contributed by atoms with Crippen LogP contribution < -0.4 is 0 Å². The van der Waals surface area contributed by atoms with E-state index in [4.69, 9.17) is 18.2 Å². The highest BCUT2D eigenvalue weighted by Gasteiger charge is 2.54. The van der Waals surface area contributed by atoms with Gasteiger partial charge in [0.05, 0.1) is 0 Å². The highest BCUT2D eigenvalue weighted by Crippen LogP contribution is 2.48. The molecule has 0 unspecified atom stereocenters. The molecule has 0 amide bonds. The van der Waals surface area contributed by atoms with E-state index in [1.54, 1.807) is 12.1 Å². The Morgan fingerprint density at radius 3 is 2.58 bits per heavy atom. The molecule has 3 nitrogen and oxygen atoms in total. The normalized spacial score (nSPS) is 18.3. The third-order valence-corrected chi connectivity index (χ3v) is 2.25. The van der Waals surface area contributed by atoms with E-state index < -0.39 is 0 Å². The second kappa shape index (κ2) is 2.43. The monoisotopic (exact) mass is 179 g/mol. The van der Waals surface area contributed by atoms with Crippen LogP contribution in [-0.2, 0) is 5.54 Å². The van der Waals surface area contributed by atoms with Crippen molar-refractivity contribution < 1.29 is 0 Å². The van der Waals surface area contributed by atoms with E-state index in [0.29, 0.717) is 5.15 Å². The summed E-state index contributed by atoms with van der Waals surface area (Å²) < 4.78 is 0. The molecule has 1 aromatic heterocycles. The molecule has 1 aromatic rings. The number of aromatic nitrogens is 2. The van der Waals surface area contributed by atoms with E-state index in [-0.39, 0.29) is 5.54 Å². The van der Waals surface area contributed by atoms with E-state index >= 15 is 0 Å². The zero-order chi connectivity index (χ0) is 8.60. The summed E-state index contributed by atoms with van der Waals surface area (Å²) in [6.07, 6.45) is 1.79. The van der Waals surface area contributed by atoms with Crippen molar-refractivity contribution in [2.24, 2.45) is 0 Å². The molecule has 0 radical (unpaired) electrons. The second-order valence-corrected chi connectivity index (χ2v) is 3.27. The molecule has 12 heavy (non-hydrogen) atoms. The predicted molar refractivity (Wildman–Crippen MR) is 44.6 cm³/mol. The Balaban J connectivity index is 2.37. The smallest absolute Gasteiger partial charge is 0.276 e. The molecule has 0 spiro atoms. The fourth-order valence-electron chi connectivity index (χ4n) is 1.11. The lowest BCUT2D eigenvalue weighted by Crippen LogP contribution is -2.03. The average Bonchev–Trinajstić information content (AvgIpc) is 2.86. The first-order valence-electron chi connectivity index (χ1n) is 3.65. The Kier molecular flexibility index (Phi) is 1.52. The first-order chi connectivity index (χ1) is 5.77. The van der Waals surface area contributed by atoms with Gasteiger partial charge in [-0.05, 0) is 12.1 Å². The van der Waals surface area contributed by atoms with Gasteiger partial charge in [0.1, 0.15) is 5.69 Å². The van der Waals surface area contributed by atoms with Crippen molar-refractivity contribution in [2.45, 2.75) is 18.4 Å². The van der Waals surface area contributed by atoms with Gasteiger partial charge in [-0.2, -0.15) is 0 Å².